The minimum absolute atomic E-state index is 0.0517. The van der Waals surface area contributed by atoms with Crippen molar-refractivity contribution in [1.82, 2.24) is 5.32 Å². The maximum Gasteiger partial charge on any atom is 0.307 e. The van der Waals surface area contributed by atoms with Crippen molar-refractivity contribution in [1.29, 1.82) is 0 Å². The molecule has 0 aliphatic rings. The molecule has 0 radical (unpaired) electrons. The summed E-state index contributed by atoms with van der Waals surface area (Å²) in [4.78, 5) is 23.3. The lowest BCUT2D eigenvalue weighted by atomic mass is 10.2. The molecule has 0 amide bonds. The maximum absolute atomic E-state index is 11.6. The fourth-order valence-corrected chi connectivity index (χ4v) is 2.82. The molecule has 0 aromatic heterocycles. The molecule has 0 spiro atoms. The summed E-state index contributed by atoms with van der Waals surface area (Å²) in [5, 5.41) is 31.0. The van der Waals surface area contributed by atoms with Crippen LogP contribution in [0.5, 0.6) is 0 Å². The number of nitro benzene ring substituents is 1. The lowest BCUT2D eigenvalue weighted by molar-refractivity contribution is -0.384. The van der Waals surface area contributed by atoms with Crippen LogP contribution < -0.4 is 21.7 Å². The SMILES string of the molecule is CCN(CCOC(=O)CCNCC(O)CO)c1ccc(N)cc1.Nc1ccc([N+](=O)[O-])cc1Cl. The van der Waals surface area contributed by atoms with E-state index in [9.17, 15) is 14.9 Å². The summed E-state index contributed by atoms with van der Waals surface area (Å²) < 4.78 is 5.20. The second-order valence-corrected chi connectivity index (χ2v) is 7.55. The van der Waals surface area contributed by atoms with Crippen LogP contribution in [0.1, 0.15) is 13.3 Å². The number of anilines is 3. The molecule has 0 saturated carbocycles. The Kier molecular flexibility index (Phi) is 13.3. The Labute approximate surface area is 203 Å². The van der Waals surface area contributed by atoms with Crippen molar-refractivity contribution in [2.45, 2.75) is 19.4 Å². The van der Waals surface area contributed by atoms with E-state index in [0.29, 0.717) is 25.4 Å². The molecule has 2 aromatic carbocycles. The monoisotopic (exact) mass is 497 g/mol. The summed E-state index contributed by atoms with van der Waals surface area (Å²) in [5.41, 5.74) is 13.1. The predicted molar refractivity (Wildman–Crippen MR) is 133 cm³/mol. The highest BCUT2D eigenvalue weighted by Crippen LogP contribution is 2.23. The molecular formula is C22H32ClN5O6. The lowest BCUT2D eigenvalue weighted by Gasteiger charge is -2.23. The highest BCUT2D eigenvalue weighted by Gasteiger charge is 2.08. The smallest absolute Gasteiger partial charge is 0.307 e. The number of carbonyl (C=O) groups is 1. The van der Waals surface area contributed by atoms with Gasteiger partial charge in [0.2, 0.25) is 0 Å². The van der Waals surface area contributed by atoms with Gasteiger partial charge in [0.05, 0.1) is 41.3 Å². The van der Waals surface area contributed by atoms with Crippen LogP contribution in [-0.4, -0.2) is 66.6 Å². The first-order valence-electron chi connectivity index (χ1n) is 10.6. The summed E-state index contributed by atoms with van der Waals surface area (Å²) in [6, 6.07) is 11.5. The molecule has 34 heavy (non-hydrogen) atoms. The molecular weight excluding hydrogens is 466 g/mol. The number of esters is 1. The third-order valence-electron chi connectivity index (χ3n) is 4.56. The van der Waals surface area contributed by atoms with Crippen molar-refractivity contribution in [3.63, 3.8) is 0 Å². The number of likely N-dealkylation sites (N-methyl/N-ethyl adjacent to an activating group) is 1. The fraction of sp³-hybridized carbons (Fsp3) is 0.409. The van der Waals surface area contributed by atoms with Gasteiger partial charge in [-0.15, -0.1) is 0 Å². The predicted octanol–water partition coefficient (Wildman–Crippen LogP) is 1.80. The van der Waals surface area contributed by atoms with E-state index in [2.05, 4.69) is 10.2 Å². The van der Waals surface area contributed by atoms with Gasteiger partial charge >= 0.3 is 5.97 Å². The molecule has 0 fully saturated rings. The second kappa shape index (κ2) is 15.7. The number of rotatable bonds is 12. The Morgan fingerprint density at radius 2 is 1.94 bits per heavy atom. The number of nitro groups is 1. The molecule has 0 aliphatic heterocycles. The van der Waals surface area contributed by atoms with Crippen LogP contribution in [0.15, 0.2) is 42.5 Å². The van der Waals surface area contributed by atoms with E-state index < -0.39 is 11.0 Å². The summed E-state index contributed by atoms with van der Waals surface area (Å²) in [6.07, 6.45) is -0.573. The highest BCUT2D eigenvalue weighted by molar-refractivity contribution is 6.33. The number of benzene rings is 2. The minimum Gasteiger partial charge on any atom is -0.464 e. The van der Waals surface area contributed by atoms with Crippen molar-refractivity contribution in [2.24, 2.45) is 0 Å². The van der Waals surface area contributed by atoms with Crippen LogP contribution in [0.2, 0.25) is 5.02 Å². The zero-order chi connectivity index (χ0) is 25.5. The summed E-state index contributed by atoms with van der Waals surface area (Å²) in [5.74, 6) is -0.288. The van der Waals surface area contributed by atoms with Crippen LogP contribution in [0.25, 0.3) is 0 Å². The lowest BCUT2D eigenvalue weighted by Crippen LogP contribution is -2.31. The van der Waals surface area contributed by atoms with E-state index >= 15 is 0 Å². The zero-order valence-electron chi connectivity index (χ0n) is 19.0. The molecule has 2 aromatic rings. The van der Waals surface area contributed by atoms with Crippen molar-refractivity contribution >= 4 is 40.3 Å². The molecule has 0 aliphatic carbocycles. The third-order valence-corrected chi connectivity index (χ3v) is 4.88. The number of aliphatic hydroxyl groups excluding tert-OH is 2. The van der Waals surface area contributed by atoms with Gasteiger partial charge in [0.25, 0.3) is 5.69 Å². The number of carbonyl (C=O) groups excluding carboxylic acids is 1. The minimum atomic E-state index is -0.802. The number of halogens is 1. The Balaban J connectivity index is 0.000000437. The number of aliphatic hydroxyl groups is 2. The molecule has 11 nitrogen and oxygen atoms in total. The molecule has 0 bridgehead atoms. The van der Waals surface area contributed by atoms with Gasteiger partial charge in [0.1, 0.15) is 6.61 Å². The Morgan fingerprint density at radius 1 is 1.26 bits per heavy atom. The normalized spacial score (nSPS) is 11.2. The van der Waals surface area contributed by atoms with Crippen LogP contribution in [0, 0.1) is 10.1 Å². The van der Waals surface area contributed by atoms with Gasteiger partial charge in [-0.1, -0.05) is 11.6 Å². The van der Waals surface area contributed by atoms with E-state index in [4.69, 9.17) is 38.0 Å². The van der Waals surface area contributed by atoms with E-state index in [1.54, 1.807) is 0 Å². The number of nitrogen functional groups attached to an aromatic ring is 2. The van der Waals surface area contributed by atoms with Crippen LogP contribution in [0.3, 0.4) is 0 Å². The van der Waals surface area contributed by atoms with Gasteiger partial charge in [-0.2, -0.15) is 0 Å². The average molecular weight is 498 g/mol. The van der Waals surface area contributed by atoms with Gasteiger partial charge in [-0.05, 0) is 37.3 Å². The molecule has 0 saturated heterocycles. The van der Waals surface area contributed by atoms with E-state index in [1.165, 1.54) is 18.2 Å². The van der Waals surface area contributed by atoms with Crippen LogP contribution in [0.4, 0.5) is 22.7 Å². The molecule has 1 unspecified atom stereocenters. The quantitative estimate of drug-likeness (QED) is 0.0954. The molecule has 1 atom stereocenters. The molecule has 7 N–H and O–H groups in total. The molecule has 188 valence electrons. The molecule has 2 rings (SSSR count). The first kappa shape index (κ1) is 28.9. The number of hydrogen-bond acceptors (Lipinski definition) is 10. The van der Waals surface area contributed by atoms with E-state index in [0.717, 1.165) is 17.9 Å². The van der Waals surface area contributed by atoms with Crippen molar-refractivity contribution in [2.75, 3.05) is 55.8 Å². The number of nitrogens with two attached hydrogens (primary N) is 2. The van der Waals surface area contributed by atoms with Gasteiger partial charge in [-0.25, -0.2) is 0 Å². The Morgan fingerprint density at radius 3 is 2.50 bits per heavy atom. The van der Waals surface area contributed by atoms with Crippen molar-refractivity contribution < 1.29 is 24.7 Å². The zero-order valence-corrected chi connectivity index (χ0v) is 19.8. The maximum atomic E-state index is 11.6. The largest absolute Gasteiger partial charge is 0.464 e. The number of hydrogen-bond donors (Lipinski definition) is 5. The number of ether oxygens (including phenoxy) is 1. The van der Waals surface area contributed by atoms with Gasteiger partial charge in [-0.3, -0.25) is 14.9 Å². The van der Waals surface area contributed by atoms with Gasteiger partial charge < -0.3 is 36.6 Å². The number of nitrogens with zero attached hydrogens (tertiary/aromatic N) is 2. The van der Waals surface area contributed by atoms with Crippen LogP contribution in [-0.2, 0) is 9.53 Å². The van der Waals surface area contributed by atoms with E-state index in [-0.39, 0.29) is 36.3 Å². The summed E-state index contributed by atoms with van der Waals surface area (Å²) >= 11 is 5.53. The summed E-state index contributed by atoms with van der Waals surface area (Å²) in [7, 11) is 0. The van der Waals surface area contributed by atoms with Gasteiger partial charge in [0.15, 0.2) is 0 Å². The standard InChI is InChI=1S/C16H27N3O4.C6H5ClN2O2/c1-2-19(14-5-3-13(17)4-6-14)9-10-23-16(22)7-8-18-11-15(21)12-20;7-5-3-4(9(10)11)1-2-6(5)8/h3-6,15,18,20-21H,2,7-12,17H2,1H3;1-3H,8H2. The average Bonchev–Trinajstić information content (AvgIpc) is 2.82. The Hall–Kier alpha value is -3.12. The number of nitrogens with one attached hydrogen (secondary N) is 1. The first-order valence-corrected chi connectivity index (χ1v) is 11.0. The molecule has 12 heteroatoms. The van der Waals surface area contributed by atoms with Crippen molar-refractivity contribution in [3.8, 4) is 0 Å². The topological polar surface area (TPSA) is 177 Å². The second-order valence-electron chi connectivity index (χ2n) is 7.15. The number of non-ortho nitro benzene ring substituents is 1. The fourth-order valence-electron chi connectivity index (χ4n) is 2.65. The Bertz CT molecular complexity index is 900. The van der Waals surface area contributed by atoms with Crippen LogP contribution >= 0.6 is 11.6 Å². The summed E-state index contributed by atoms with van der Waals surface area (Å²) in [6.45, 7) is 4.14. The highest BCUT2D eigenvalue weighted by atomic mass is 35.5. The molecule has 0 heterocycles. The van der Waals surface area contributed by atoms with Gasteiger partial charge in [0, 0.05) is 43.1 Å². The van der Waals surface area contributed by atoms with Crippen molar-refractivity contribution in [3.05, 3.63) is 57.6 Å². The first-order chi connectivity index (χ1) is 16.2. The third kappa shape index (κ3) is 11.1. The van der Waals surface area contributed by atoms with E-state index in [1.807, 2.05) is 31.2 Å².